The lowest BCUT2D eigenvalue weighted by Crippen LogP contribution is -2.39. The lowest BCUT2D eigenvalue weighted by molar-refractivity contribution is 0.181. The molecule has 0 aliphatic rings. The summed E-state index contributed by atoms with van der Waals surface area (Å²) in [6, 6.07) is 4.94. The summed E-state index contributed by atoms with van der Waals surface area (Å²) in [4.78, 5) is 3.99. The first kappa shape index (κ1) is 20.8. The maximum atomic E-state index is 10.1. The molecule has 0 saturated carbocycles. The van der Waals surface area contributed by atoms with Crippen molar-refractivity contribution < 1.29 is 5.11 Å². The molecule has 3 N–H and O–H groups in total. The minimum Gasteiger partial charge on any atom is -0.387 e. The number of hydrogen-bond acceptors (Lipinski definition) is 2. The first-order valence-corrected chi connectivity index (χ1v) is 6.97. The molecule has 1 aromatic carbocycles. The first-order chi connectivity index (χ1) is 9.42. The average molecular weight is 465 g/mol. The molecule has 1 unspecified atom stereocenters. The van der Waals surface area contributed by atoms with Crippen molar-refractivity contribution in [3.63, 3.8) is 0 Å². The maximum absolute atomic E-state index is 10.1. The van der Waals surface area contributed by atoms with Crippen LogP contribution in [0.2, 0.25) is 10.0 Å². The summed E-state index contributed by atoms with van der Waals surface area (Å²) < 4.78 is 0. The molecule has 21 heavy (non-hydrogen) atoms. The molecule has 4 nitrogen and oxygen atoms in total. The Kier molecular flexibility index (Phi) is 10.4. The zero-order chi connectivity index (χ0) is 15.1. The Labute approximate surface area is 156 Å². The largest absolute Gasteiger partial charge is 0.387 e. The van der Waals surface area contributed by atoms with Crippen molar-refractivity contribution in [2.75, 3.05) is 20.1 Å². The van der Waals surface area contributed by atoms with Crippen LogP contribution in [0.5, 0.6) is 0 Å². The number of benzene rings is 1. The molecule has 0 aliphatic heterocycles. The van der Waals surface area contributed by atoms with E-state index in [2.05, 4.69) is 22.2 Å². The molecule has 0 spiro atoms. The van der Waals surface area contributed by atoms with Gasteiger partial charge in [-0.15, -0.1) is 24.0 Å². The van der Waals surface area contributed by atoms with Crippen LogP contribution in [0.3, 0.4) is 0 Å². The van der Waals surface area contributed by atoms with Gasteiger partial charge in [0.1, 0.15) is 0 Å². The van der Waals surface area contributed by atoms with Crippen LogP contribution in [0.4, 0.5) is 0 Å². The van der Waals surface area contributed by atoms with Gasteiger partial charge in [-0.2, -0.15) is 0 Å². The van der Waals surface area contributed by atoms with Gasteiger partial charge < -0.3 is 15.7 Å². The highest BCUT2D eigenvalue weighted by Crippen LogP contribution is 2.23. The van der Waals surface area contributed by atoms with Crippen LogP contribution in [-0.4, -0.2) is 31.2 Å². The molecular formula is C13H17Cl3IN3O. The number of nitrogens with one attached hydrogen (secondary N) is 2. The van der Waals surface area contributed by atoms with E-state index in [4.69, 9.17) is 34.8 Å². The lowest BCUT2D eigenvalue weighted by Gasteiger charge is -2.16. The molecule has 0 aromatic heterocycles. The van der Waals surface area contributed by atoms with Crippen molar-refractivity contribution in [3.05, 3.63) is 45.4 Å². The number of aliphatic hydroxyl groups excluding tert-OH is 1. The van der Waals surface area contributed by atoms with Crippen molar-refractivity contribution in [2.45, 2.75) is 6.10 Å². The fourth-order valence-electron chi connectivity index (χ4n) is 1.48. The summed E-state index contributed by atoms with van der Waals surface area (Å²) in [5.74, 6) is 0.513. The smallest absolute Gasteiger partial charge is 0.191 e. The highest BCUT2D eigenvalue weighted by molar-refractivity contribution is 14.0. The van der Waals surface area contributed by atoms with Gasteiger partial charge in [0.2, 0.25) is 0 Å². The Hall–Kier alpha value is -0.210. The molecule has 0 fully saturated rings. The van der Waals surface area contributed by atoms with Crippen molar-refractivity contribution >= 4 is 64.7 Å². The highest BCUT2D eigenvalue weighted by atomic mass is 127. The monoisotopic (exact) mass is 463 g/mol. The summed E-state index contributed by atoms with van der Waals surface area (Å²) in [6.45, 7) is 4.21. The van der Waals surface area contributed by atoms with E-state index in [9.17, 15) is 5.11 Å². The van der Waals surface area contributed by atoms with Gasteiger partial charge in [-0.1, -0.05) is 41.4 Å². The molecule has 1 rings (SSSR count). The lowest BCUT2D eigenvalue weighted by atomic mass is 10.1. The third-order valence-electron chi connectivity index (χ3n) is 2.40. The second-order valence-electron chi connectivity index (χ2n) is 4.04. The van der Waals surface area contributed by atoms with Crippen LogP contribution in [0, 0.1) is 0 Å². The Morgan fingerprint density at radius 2 is 1.86 bits per heavy atom. The molecule has 0 aliphatic carbocycles. The molecule has 0 amide bonds. The van der Waals surface area contributed by atoms with Gasteiger partial charge in [0.15, 0.2) is 5.96 Å². The normalized spacial score (nSPS) is 12.3. The Morgan fingerprint density at radius 3 is 2.33 bits per heavy atom. The van der Waals surface area contributed by atoms with Gasteiger partial charge in [0.25, 0.3) is 0 Å². The van der Waals surface area contributed by atoms with Crippen LogP contribution in [0.15, 0.2) is 34.8 Å². The van der Waals surface area contributed by atoms with Crippen molar-refractivity contribution in [3.8, 4) is 0 Å². The summed E-state index contributed by atoms with van der Waals surface area (Å²) in [5, 5.41) is 17.4. The Balaban J connectivity index is 0.00000400. The van der Waals surface area contributed by atoms with E-state index >= 15 is 0 Å². The Bertz CT molecular complexity index is 491. The highest BCUT2D eigenvalue weighted by Gasteiger charge is 2.10. The summed E-state index contributed by atoms with van der Waals surface area (Å²) >= 11 is 17.4. The van der Waals surface area contributed by atoms with E-state index in [1.807, 2.05) is 0 Å². The van der Waals surface area contributed by atoms with E-state index in [0.717, 1.165) is 0 Å². The molecule has 0 radical (unpaired) electrons. The van der Waals surface area contributed by atoms with E-state index in [0.29, 0.717) is 33.1 Å². The standard InChI is InChI=1S/C13H16Cl3N3O.HI/c1-8(14)6-18-13(17-2)19-7-12(20)9-3-10(15)5-11(16)4-9;/h3-5,12,20H,1,6-7H2,2H3,(H2,17,18,19);1H. The van der Waals surface area contributed by atoms with Crippen LogP contribution >= 0.6 is 58.8 Å². The Morgan fingerprint density at radius 1 is 1.29 bits per heavy atom. The summed E-state index contributed by atoms with van der Waals surface area (Å²) in [7, 11) is 1.62. The van der Waals surface area contributed by atoms with Gasteiger partial charge in [0.05, 0.1) is 12.6 Å². The van der Waals surface area contributed by atoms with Crippen LogP contribution in [-0.2, 0) is 0 Å². The van der Waals surface area contributed by atoms with E-state index < -0.39 is 6.10 Å². The summed E-state index contributed by atoms with van der Waals surface area (Å²) in [6.07, 6.45) is -0.760. The van der Waals surface area contributed by atoms with E-state index in [1.165, 1.54) is 0 Å². The van der Waals surface area contributed by atoms with Crippen LogP contribution in [0.25, 0.3) is 0 Å². The van der Waals surface area contributed by atoms with Gasteiger partial charge in [-0.25, -0.2) is 0 Å². The fraction of sp³-hybridized carbons (Fsp3) is 0.308. The average Bonchev–Trinajstić information content (AvgIpc) is 2.37. The number of aliphatic hydroxyl groups is 1. The second-order valence-corrected chi connectivity index (χ2v) is 5.45. The maximum Gasteiger partial charge on any atom is 0.191 e. The zero-order valence-corrected chi connectivity index (χ0v) is 16.0. The molecule has 1 atom stereocenters. The number of halogens is 4. The number of hydrogen-bond donors (Lipinski definition) is 3. The number of nitrogens with zero attached hydrogens (tertiary/aromatic N) is 1. The molecule has 0 heterocycles. The van der Waals surface area contributed by atoms with Crippen molar-refractivity contribution in [1.82, 2.24) is 10.6 Å². The van der Waals surface area contributed by atoms with Gasteiger partial charge in [0, 0.05) is 28.7 Å². The molecule has 118 valence electrons. The number of guanidine groups is 1. The quantitative estimate of drug-likeness (QED) is 0.355. The van der Waals surface area contributed by atoms with Gasteiger partial charge >= 0.3 is 0 Å². The first-order valence-electron chi connectivity index (χ1n) is 5.84. The molecule has 0 bridgehead atoms. The second kappa shape index (κ2) is 10.5. The predicted molar refractivity (Wildman–Crippen MR) is 101 cm³/mol. The van der Waals surface area contributed by atoms with E-state index in [1.54, 1.807) is 25.2 Å². The molecule has 1 aromatic rings. The number of aliphatic imine (C=N–C) groups is 1. The molecule has 8 heteroatoms. The zero-order valence-electron chi connectivity index (χ0n) is 11.4. The van der Waals surface area contributed by atoms with E-state index in [-0.39, 0.29) is 30.5 Å². The van der Waals surface area contributed by atoms with Gasteiger partial charge in [-0.3, -0.25) is 4.99 Å². The summed E-state index contributed by atoms with van der Waals surface area (Å²) in [5.41, 5.74) is 0.632. The fourth-order valence-corrected chi connectivity index (χ4v) is 2.09. The van der Waals surface area contributed by atoms with Gasteiger partial charge in [-0.05, 0) is 23.8 Å². The van der Waals surface area contributed by atoms with Crippen molar-refractivity contribution in [1.29, 1.82) is 0 Å². The molecular weight excluding hydrogens is 447 g/mol. The van der Waals surface area contributed by atoms with Crippen LogP contribution in [0.1, 0.15) is 11.7 Å². The third-order valence-corrected chi connectivity index (χ3v) is 2.97. The number of rotatable bonds is 5. The SMILES string of the molecule is C=C(Cl)CNC(=NC)NCC(O)c1cc(Cl)cc(Cl)c1.I. The molecule has 0 saturated heterocycles. The van der Waals surface area contributed by atoms with Crippen molar-refractivity contribution in [2.24, 2.45) is 4.99 Å². The van der Waals surface area contributed by atoms with Crippen LogP contribution < -0.4 is 10.6 Å². The topological polar surface area (TPSA) is 56.7 Å². The third kappa shape index (κ3) is 8.11. The minimum absolute atomic E-state index is 0. The minimum atomic E-state index is -0.760. The predicted octanol–water partition coefficient (Wildman–Crippen LogP) is 3.56.